The molecule has 16 heteroatoms. The van der Waals surface area contributed by atoms with E-state index >= 15 is 0 Å². The standard InChI is InChI=1S/C41H28N4O12/c1-21-16-28(56-38(50)22-2-8-26(9-3-22)54-40(52)24-6-13-29-31(17-24)36(48)44(19-42)34(29)46)12-15-33(21)57-39(51)23-4-10-27(11-5-23)55-41(53)25-7-14-30-32(18-25)37(49)45(20-43)35(30)47/h2-18H,19-20,42-43H2,1H3. The van der Waals surface area contributed by atoms with Crippen LogP contribution >= 0.6 is 0 Å². The largest absolute Gasteiger partial charge is 0.423 e. The predicted octanol–water partition coefficient (Wildman–Crippen LogP) is 3.90. The van der Waals surface area contributed by atoms with Gasteiger partial charge in [-0.3, -0.25) is 29.0 Å². The number of imide groups is 2. The maximum atomic E-state index is 12.9. The number of aryl methyl sites for hydroxylation is 1. The number of nitrogens with two attached hydrogens (primary N) is 2. The molecular formula is C41H28N4O12. The number of hydrogen-bond acceptors (Lipinski definition) is 14. The summed E-state index contributed by atoms with van der Waals surface area (Å²) in [4.78, 5) is 102. The number of carbonyl (C=O) groups excluding carboxylic acids is 8. The van der Waals surface area contributed by atoms with Crippen molar-refractivity contribution in [1.82, 2.24) is 9.80 Å². The first-order chi connectivity index (χ1) is 27.4. The average molecular weight is 769 g/mol. The van der Waals surface area contributed by atoms with Crippen molar-refractivity contribution in [3.63, 3.8) is 0 Å². The maximum Gasteiger partial charge on any atom is 0.343 e. The van der Waals surface area contributed by atoms with Gasteiger partial charge in [0.1, 0.15) is 23.0 Å². The molecule has 4 amide bonds. The SMILES string of the molecule is Cc1cc(OC(=O)c2ccc(OC(=O)c3ccc4c(c3)C(=O)N(CN)C4=O)cc2)ccc1OC(=O)c1ccc(OC(=O)c2ccc3c(c2)C(=O)N(CN)C3=O)cc1. The zero-order valence-electron chi connectivity index (χ0n) is 29.7. The molecule has 2 aliphatic rings. The Hall–Kier alpha value is -7.82. The molecule has 5 aromatic rings. The molecule has 2 aliphatic heterocycles. The summed E-state index contributed by atoms with van der Waals surface area (Å²) < 4.78 is 21.7. The first kappa shape index (κ1) is 37.5. The van der Waals surface area contributed by atoms with E-state index in [1.165, 1.54) is 103 Å². The van der Waals surface area contributed by atoms with Crippen LogP contribution in [0.15, 0.2) is 103 Å². The van der Waals surface area contributed by atoms with Crippen LogP contribution in [-0.2, 0) is 0 Å². The van der Waals surface area contributed by atoms with Crippen LogP contribution in [0.25, 0.3) is 0 Å². The van der Waals surface area contributed by atoms with E-state index in [0.29, 0.717) is 5.56 Å². The number of esters is 4. The normalized spacial score (nSPS) is 13.0. The molecule has 57 heavy (non-hydrogen) atoms. The fraction of sp³-hybridized carbons (Fsp3) is 0.0732. The van der Waals surface area contributed by atoms with Crippen LogP contribution in [0, 0.1) is 6.92 Å². The fourth-order valence-electron chi connectivity index (χ4n) is 5.94. The quantitative estimate of drug-likeness (QED) is 0.117. The summed E-state index contributed by atoms with van der Waals surface area (Å²) in [6.07, 6.45) is 0. The summed E-state index contributed by atoms with van der Waals surface area (Å²) in [7, 11) is 0. The van der Waals surface area contributed by atoms with E-state index in [1.54, 1.807) is 6.92 Å². The van der Waals surface area contributed by atoms with E-state index in [1.807, 2.05) is 0 Å². The Labute approximate surface area is 322 Å². The summed E-state index contributed by atoms with van der Waals surface area (Å²) in [5, 5.41) is 0. The molecule has 0 unspecified atom stereocenters. The summed E-state index contributed by atoms with van der Waals surface area (Å²) in [6, 6.07) is 23.4. The second-order valence-electron chi connectivity index (χ2n) is 12.5. The number of hydrogen-bond donors (Lipinski definition) is 2. The van der Waals surface area contributed by atoms with E-state index in [2.05, 4.69) is 0 Å². The van der Waals surface area contributed by atoms with Crippen molar-refractivity contribution in [2.24, 2.45) is 11.5 Å². The van der Waals surface area contributed by atoms with Gasteiger partial charge in [-0.1, -0.05) is 0 Å². The minimum absolute atomic E-state index is 0.0350. The first-order valence-electron chi connectivity index (χ1n) is 17.0. The molecule has 0 radical (unpaired) electrons. The van der Waals surface area contributed by atoms with Crippen LogP contribution in [0.1, 0.15) is 88.4 Å². The van der Waals surface area contributed by atoms with E-state index < -0.39 is 47.5 Å². The molecule has 0 spiro atoms. The molecule has 0 saturated heterocycles. The van der Waals surface area contributed by atoms with Crippen molar-refractivity contribution in [2.75, 3.05) is 13.3 Å². The Morgan fingerprint density at radius 3 is 1.21 bits per heavy atom. The Morgan fingerprint density at radius 1 is 0.439 bits per heavy atom. The first-order valence-corrected chi connectivity index (χ1v) is 17.0. The lowest BCUT2D eigenvalue weighted by Crippen LogP contribution is -2.34. The lowest BCUT2D eigenvalue weighted by Gasteiger charge is -2.11. The number of ether oxygens (including phenoxy) is 4. The molecule has 0 atom stereocenters. The summed E-state index contributed by atoms with van der Waals surface area (Å²) in [6.45, 7) is 1.05. The minimum Gasteiger partial charge on any atom is -0.423 e. The molecule has 5 aromatic carbocycles. The molecule has 16 nitrogen and oxygen atoms in total. The predicted molar refractivity (Wildman–Crippen MR) is 196 cm³/mol. The van der Waals surface area contributed by atoms with Gasteiger partial charge in [0, 0.05) is 0 Å². The van der Waals surface area contributed by atoms with Gasteiger partial charge in [-0.15, -0.1) is 0 Å². The molecule has 4 N–H and O–H groups in total. The minimum atomic E-state index is -0.790. The highest BCUT2D eigenvalue weighted by Crippen LogP contribution is 2.28. The lowest BCUT2D eigenvalue weighted by molar-refractivity contribution is 0.0642. The third kappa shape index (κ3) is 7.23. The van der Waals surface area contributed by atoms with E-state index in [-0.39, 0.29) is 80.8 Å². The smallest absolute Gasteiger partial charge is 0.343 e. The van der Waals surface area contributed by atoms with Gasteiger partial charge in [0.05, 0.1) is 57.8 Å². The molecule has 2 heterocycles. The summed E-state index contributed by atoms with van der Waals surface area (Å²) >= 11 is 0. The van der Waals surface area contributed by atoms with E-state index in [9.17, 15) is 38.4 Å². The van der Waals surface area contributed by atoms with Gasteiger partial charge in [0.2, 0.25) is 0 Å². The van der Waals surface area contributed by atoms with Crippen molar-refractivity contribution >= 4 is 47.5 Å². The number of rotatable bonds is 10. The van der Waals surface area contributed by atoms with Gasteiger partial charge in [-0.25, -0.2) is 19.2 Å². The van der Waals surface area contributed by atoms with Crippen LogP contribution in [0.2, 0.25) is 0 Å². The van der Waals surface area contributed by atoms with Gasteiger partial charge in [0.15, 0.2) is 0 Å². The Balaban J connectivity index is 0.917. The van der Waals surface area contributed by atoms with Gasteiger partial charge in [0.25, 0.3) is 23.6 Å². The number of carbonyl (C=O) groups is 8. The highest BCUT2D eigenvalue weighted by atomic mass is 16.5. The van der Waals surface area contributed by atoms with E-state index in [4.69, 9.17) is 30.4 Å². The van der Waals surface area contributed by atoms with Gasteiger partial charge in [-0.05, 0) is 116 Å². The van der Waals surface area contributed by atoms with Crippen molar-refractivity contribution in [2.45, 2.75) is 6.92 Å². The number of benzene rings is 5. The van der Waals surface area contributed by atoms with Crippen molar-refractivity contribution < 1.29 is 57.3 Å². The third-order valence-corrected chi connectivity index (χ3v) is 8.94. The molecule has 0 bridgehead atoms. The monoisotopic (exact) mass is 768 g/mol. The second kappa shape index (κ2) is 15.1. The number of amides is 4. The zero-order chi connectivity index (χ0) is 40.5. The molecule has 0 saturated carbocycles. The van der Waals surface area contributed by atoms with Crippen LogP contribution < -0.4 is 30.4 Å². The molecule has 7 rings (SSSR count). The van der Waals surface area contributed by atoms with Crippen molar-refractivity contribution in [1.29, 1.82) is 0 Å². The molecule has 0 aliphatic carbocycles. The van der Waals surface area contributed by atoms with Crippen LogP contribution in [0.3, 0.4) is 0 Å². The molecular weight excluding hydrogens is 740 g/mol. The molecule has 0 aromatic heterocycles. The van der Waals surface area contributed by atoms with Gasteiger partial charge >= 0.3 is 23.9 Å². The van der Waals surface area contributed by atoms with Crippen molar-refractivity contribution in [3.8, 4) is 23.0 Å². The van der Waals surface area contributed by atoms with Gasteiger partial charge in [-0.2, -0.15) is 0 Å². The second-order valence-corrected chi connectivity index (χ2v) is 12.5. The van der Waals surface area contributed by atoms with Crippen LogP contribution in [0.5, 0.6) is 23.0 Å². The number of nitrogens with zero attached hydrogens (tertiary/aromatic N) is 2. The lowest BCUT2D eigenvalue weighted by atomic mass is 10.1. The summed E-state index contributed by atoms with van der Waals surface area (Å²) in [5.41, 5.74) is 12.1. The highest BCUT2D eigenvalue weighted by Gasteiger charge is 2.36. The maximum absolute atomic E-state index is 12.9. The topological polar surface area (TPSA) is 232 Å². The van der Waals surface area contributed by atoms with E-state index in [0.717, 1.165) is 9.80 Å². The van der Waals surface area contributed by atoms with Crippen molar-refractivity contribution in [3.05, 3.63) is 153 Å². The Morgan fingerprint density at radius 2 is 0.789 bits per heavy atom. The fourth-order valence-corrected chi connectivity index (χ4v) is 5.94. The molecule has 0 fully saturated rings. The molecule has 284 valence electrons. The van der Waals surface area contributed by atoms with Crippen LogP contribution in [-0.4, -0.2) is 70.6 Å². The van der Waals surface area contributed by atoms with Crippen LogP contribution in [0.4, 0.5) is 0 Å². The highest BCUT2D eigenvalue weighted by molar-refractivity contribution is 6.22. The number of fused-ring (bicyclic) bond motifs is 2. The average Bonchev–Trinajstić information content (AvgIpc) is 3.61. The Bertz CT molecular complexity index is 2570. The van der Waals surface area contributed by atoms with Gasteiger partial charge < -0.3 is 30.4 Å². The Kier molecular flexibility index (Phi) is 9.96. The third-order valence-electron chi connectivity index (χ3n) is 8.94. The summed E-state index contributed by atoms with van der Waals surface area (Å²) in [5.74, 6) is -4.76. The zero-order valence-corrected chi connectivity index (χ0v) is 29.7.